The van der Waals surface area contributed by atoms with Crippen LogP contribution in [0, 0.1) is 13.8 Å². The van der Waals surface area contributed by atoms with Gasteiger partial charge in [0.25, 0.3) is 11.8 Å². The van der Waals surface area contributed by atoms with E-state index in [1.54, 1.807) is 25.0 Å². The number of benzene rings is 1. The lowest BCUT2D eigenvalue weighted by molar-refractivity contribution is 0.0723. The molecule has 1 aliphatic carbocycles. The van der Waals surface area contributed by atoms with Crippen LogP contribution in [0.3, 0.4) is 0 Å². The second-order valence-corrected chi connectivity index (χ2v) is 9.26. The lowest BCUT2D eigenvalue weighted by Gasteiger charge is -2.27. The molecule has 0 saturated heterocycles. The quantitative estimate of drug-likeness (QED) is 0.565. The van der Waals surface area contributed by atoms with Gasteiger partial charge in [0, 0.05) is 42.5 Å². The highest BCUT2D eigenvalue weighted by Crippen LogP contribution is 2.26. The number of hydrogen-bond donors (Lipinski definition) is 1. The van der Waals surface area contributed by atoms with E-state index in [-0.39, 0.29) is 17.9 Å². The van der Waals surface area contributed by atoms with E-state index in [4.69, 9.17) is 9.84 Å². The maximum absolute atomic E-state index is 13.3. The molecule has 35 heavy (non-hydrogen) atoms. The molecule has 3 heterocycles. The van der Waals surface area contributed by atoms with Crippen molar-refractivity contribution in [1.82, 2.24) is 30.0 Å². The summed E-state index contributed by atoms with van der Waals surface area (Å²) >= 11 is 0. The monoisotopic (exact) mass is 474 g/mol. The van der Waals surface area contributed by atoms with Gasteiger partial charge in [-0.25, -0.2) is 9.97 Å². The summed E-state index contributed by atoms with van der Waals surface area (Å²) < 4.78 is 7.19. The highest BCUT2D eigenvalue weighted by atomic mass is 16.5. The fraction of sp³-hybridized carbons (Fsp3) is 0.423. The third kappa shape index (κ3) is 5.03. The average molecular weight is 475 g/mol. The van der Waals surface area contributed by atoms with Crippen LogP contribution in [0.1, 0.15) is 62.2 Å². The molecule has 1 saturated carbocycles. The first-order valence-electron chi connectivity index (χ1n) is 12.0. The summed E-state index contributed by atoms with van der Waals surface area (Å²) in [4.78, 5) is 36.7. The van der Waals surface area contributed by atoms with Gasteiger partial charge in [0.1, 0.15) is 17.3 Å². The lowest BCUT2D eigenvalue weighted by atomic mass is 10.0. The minimum Gasteiger partial charge on any atom is -0.497 e. The maximum Gasteiger partial charge on any atom is 0.272 e. The van der Waals surface area contributed by atoms with Gasteiger partial charge in [0.15, 0.2) is 5.69 Å². The van der Waals surface area contributed by atoms with E-state index in [1.807, 2.05) is 35.9 Å². The number of nitrogens with zero attached hydrogens (tertiary/aromatic N) is 5. The molecule has 1 aliphatic heterocycles. The zero-order valence-electron chi connectivity index (χ0n) is 20.4. The van der Waals surface area contributed by atoms with E-state index in [9.17, 15) is 9.59 Å². The number of fused-ring (bicyclic) bond motifs is 1. The van der Waals surface area contributed by atoms with E-state index >= 15 is 0 Å². The number of carbonyl (C=O) groups excluding carboxylic acids is 2. The Morgan fingerprint density at radius 1 is 1.14 bits per heavy atom. The molecule has 2 aliphatic rings. The van der Waals surface area contributed by atoms with Gasteiger partial charge in [-0.15, -0.1) is 0 Å². The standard InChI is InChI=1S/C26H30N6O3/c1-16-14-22(28-17(2)27-16)26(34)31-12-11-23-21(15-31)24(25(33)29-19-6-7-19)30-32(23)13-10-18-4-8-20(35-3)9-5-18/h4-5,8-9,14,19H,6-7,10-13,15H2,1-3H3,(H,29,33). The van der Waals surface area contributed by atoms with Gasteiger partial charge < -0.3 is 15.0 Å². The summed E-state index contributed by atoms with van der Waals surface area (Å²) in [6.45, 7) is 5.18. The van der Waals surface area contributed by atoms with Gasteiger partial charge in [0.2, 0.25) is 0 Å². The van der Waals surface area contributed by atoms with Crippen LogP contribution in [0.5, 0.6) is 5.75 Å². The smallest absolute Gasteiger partial charge is 0.272 e. The third-order valence-electron chi connectivity index (χ3n) is 6.51. The molecular formula is C26H30N6O3. The molecule has 0 radical (unpaired) electrons. The second kappa shape index (κ2) is 9.48. The Hall–Kier alpha value is -3.75. The van der Waals surface area contributed by atoms with Crippen LogP contribution in [0.4, 0.5) is 0 Å². The predicted octanol–water partition coefficient (Wildman–Crippen LogP) is 2.63. The van der Waals surface area contributed by atoms with E-state index < -0.39 is 0 Å². The fourth-order valence-electron chi connectivity index (χ4n) is 4.53. The lowest BCUT2D eigenvalue weighted by Crippen LogP contribution is -2.38. The van der Waals surface area contributed by atoms with Crippen LogP contribution in [0.25, 0.3) is 0 Å². The maximum atomic E-state index is 13.3. The Morgan fingerprint density at radius 2 is 1.91 bits per heavy atom. The van der Waals surface area contributed by atoms with Crippen molar-refractivity contribution in [2.24, 2.45) is 0 Å². The molecule has 9 nitrogen and oxygen atoms in total. The average Bonchev–Trinajstić information content (AvgIpc) is 3.59. The topological polar surface area (TPSA) is 102 Å². The van der Waals surface area contributed by atoms with Crippen LogP contribution in [0.15, 0.2) is 30.3 Å². The summed E-state index contributed by atoms with van der Waals surface area (Å²) in [6, 6.07) is 9.92. The molecule has 0 atom stereocenters. The molecule has 0 unspecified atom stereocenters. The summed E-state index contributed by atoms with van der Waals surface area (Å²) in [5.74, 6) is 1.09. The van der Waals surface area contributed by atoms with Crippen molar-refractivity contribution in [3.8, 4) is 5.75 Å². The van der Waals surface area contributed by atoms with Crippen LogP contribution in [0.2, 0.25) is 0 Å². The zero-order chi connectivity index (χ0) is 24.5. The number of amides is 2. The Kier molecular flexibility index (Phi) is 6.23. The van der Waals surface area contributed by atoms with Crippen molar-refractivity contribution in [2.45, 2.75) is 58.7 Å². The molecule has 0 bridgehead atoms. The molecule has 1 fully saturated rings. The molecule has 1 aromatic carbocycles. The highest BCUT2D eigenvalue weighted by molar-refractivity contribution is 5.95. The van der Waals surface area contributed by atoms with Crippen LogP contribution >= 0.6 is 0 Å². The number of ether oxygens (including phenoxy) is 1. The number of methoxy groups -OCH3 is 1. The van der Waals surface area contributed by atoms with Crippen molar-refractivity contribution >= 4 is 11.8 Å². The normalized spacial score (nSPS) is 15.0. The number of carbonyl (C=O) groups is 2. The SMILES string of the molecule is COc1ccc(CCn2nc(C(=O)NC3CC3)c3c2CCN(C(=O)c2cc(C)nc(C)n2)C3)cc1. The van der Waals surface area contributed by atoms with Gasteiger partial charge in [-0.2, -0.15) is 5.10 Å². The van der Waals surface area contributed by atoms with E-state index in [0.717, 1.165) is 42.0 Å². The van der Waals surface area contributed by atoms with Gasteiger partial charge in [-0.3, -0.25) is 14.3 Å². The highest BCUT2D eigenvalue weighted by Gasteiger charge is 2.33. The van der Waals surface area contributed by atoms with Crippen LogP contribution in [-0.4, -0.2) is 56.2 Å². The molecule has 182 valence electrons. The van der Waals surface area contributed by atoms with E-state index in [1.165, 1.54) is 5.56 Å². The molecule has 2 amide bonds. The van der Waals surface area contributed by atoms with Gasteiger partial charge >= 0.3 is 0 Å². The van der Waals surface area contributed by atoms with Crippen LogP contribution in [-0.2, 0) is 25.9 Å². The number of aromatic nitrogens is 4. The molecule has 5 rings (SSSR count). The van der Waals surface area contributed by atoms with Crippen molar-refractivity contribution in [3.63, 3.8) is 0 Å². The summed E-state index contributed by atoms with van der Waals surface area (Å²) in [5.41, 5.74) is 4.59. The van der Waals surface area contributed by atoms with Crippen molar-refractivity contribution in [3.05, 3.63) is 70.1 Å². The van der Waals surface area contributed by atoms with Crippen LogP contribution < -0.4 is 10.1 Å². The number of rotatable bonds is 7. The predicted molar refractivity (Wildman–Crippen MR) is 129 cm³/mol. The Morgan fingerprint density at radius 3 is 2.60 bits per heavy atom. The molecule has 9 heteroatoms. The van der Waals surface area contributed by atoms with Crippen molar-refractivity contribution < 1.29 is 14.3 Å². The van der Waals surface area contributed by atoms with E-state index in [2.05, 4.69) is 15.3 Å². The minimum atomic E-state index is -0.157. The molecule has 0 spiro atoms. The Bertz CT molecular complexity index is 1240. The largest absolute Gasteiger partial charge is 0.497 e. The molecular weight excluding hydrogens is 444 g/mol. The first-order chi connectivity index (χ1) is 16.9. The molecule has 2 aromatic heterocycles. The third-order valence-corrected chi connectivity index (χ3v) is 6.51. The summed E-state index contributed by atoms with van der Waals surface area (Å²) in [6.07, 6.45) is 3.42. The second-order valence-electron chi connectivity index (χ2n) is 9.26. The minimum absolute atomic E-state index is 0.149. The number of nitrogens with one attached hydrogen (secondary N) is 1. The van der Waals surface area contributed by atoms with Gasteiger partial charge in [0.05, 0.1) is 13.7 Å². The van der Waals surface area contributed by atoms with Crippen molar-refractivity contribution in [2.75, 3.05) is 13.7 Å². The molecule has 1 N–H and O–H groups in total. The van der Waals surface area contributed by atoms with Gasteiger partial charge in [-0.05, 0) is 56.9 Å². The Balaban J connectivity index is 1.39. The summed E-state index contributed by atoms with van der Waals surface area (Å²) in [5, 5.41) is 7.79. The molecule has 3 aromatic rings. The van der Waals surface area contributed by atoms with Gasteiger partial charge in [-0.1, -0.05) is 12.1 Å². The first-order valence-corrected chi connectivity index (χ1v) is 12.0. The Labute approximate surface area is 204 Å². The first kappa shape index (κ1) is 23.0. The zero-order valence-corrected chi connectivity index (χ0v) is 20.4. The summed E-state index contributed by atoms with van der Waals surface area (Å²) in [7, 11) is 1.65. The number of hydrogen-bond acceptors (Lipinski definition) is 6. The fourth-order valence-corrected chi connectivity index (χ4v) is 4.53. The van der Waals surface area contributed by atoms with E-state index in [0.29, 0.717) is 43.3 Å². The number of aryl methyl sites for hydroxylation is 4. The van der Waals surface area contributed by atoms with Crippen molar-refractivity contribution in [1.29, 1.82) is 0 Å².